The van der Waals surface area contributed by atoms with E-state index in [1.807, 2.05) is 0 Å². The highest BCUT2D eigenvalue weighted by molar-refractivity contribution is 6.66. The Hall–Kier alpha value is -5.61. The molecule has 3 heterocycles. The van der Waals surface area contributed by atoms with Gasteiger partial charge in [0.15, 0.2) is 41.0 Å². The van der Waals surface area contributed by atoms with Crippen molar-refractivity contribution in [3.8, 4) is 11.5 Å². The van der Waals surface area contributed by atoms with E-state index in [4.69, 9.17) is 19.6 Å². The van der Waals surface area contributed by atoms with Crippen LogP contribution in [-0.2, 0) is 22.6 Å². The number of aliphatic imine (C=N–C) groups is 3. The molecule has 3 aromatic carbocycles. The van der Waals surface area contributed by atoms with Gasteiger partial charge in [0.25, 0.3) is 5.84 Å². The molecule has 19 nitrogen and oxygen atoms in total. The first-order valence-corrected chi connectivity index (χ1v) is 18.2. The Kier molecular flexibility index (Phi) is 11.4. The molecule has 1 unspecified atom stereocenters. The van der Waals surface area contributed by atoms with Gasteiger partial charge in [0.2, 0.25) is 12.2 Å². The van der Waals surface area contributed by atoms with Crippen LogP contribution < -0.4 is 19.5 Å². The van der Waals surface area contributed by atoms with E-state index in [0.29, 0.717) is 28.0 Å². The maximum atomic E-state index is 14.5. The first kappa shape index (κ1) is 40.6. The third kappa shape index (κ3) is 7.12. The summed E-state index contributed by atoms with van der Waals surface area (Å²) in [7, 11) is 0. The zero-order valence-electron chi connectivity index (χ0n) is 30.6. The van der Waals surface area contributed by atoms with Crippen molar-refractivity contribution in [2.45, 2.75) is 62.2 Å². The second-order valence-corrected chi connectivity index (χ2v) is 14.1. The van der Waals surface area contributed by atoms with Crippen LogP contribution in [0.3, 0.4) is 0 Å². The number of nitrogens with one attached hydrogen (secondary N) is 2. The zero-order valence-corrected chi connectivity index (χ0v) is 30.6. The van der Waals surface area contributed by atoms with Crippen LogP contribution in [0.5, 0.6) is 11.5 Å². The van der Waals surface area contributed by atoms with Crippen LogP contribution in [0.15, 0.2) is 63.5 Å². The van der Waals surface area contributed by atoms with Crippen molar-refractivity contribution < 1.29 is 74.3 Å². The number of fused-ring (bicyclic) bond motifs is 3. The predicted octanol–water partition coefficient (Wildman–Crippen LogP) is -3.16. The molecule has 9 N–H and O–H groups in total. The lowest BCUT2D eigenvalue weighted by Gasteiger charge is -2.47. The fourth-order valence-electron chi connectivity index (χ4n) is 7.45. The molecule has 1 fully saturated rings. The molecule has 0 aromatic heterocycles. The van der Waals surface area contributed by atoms with Crippen LogP contribution in [0, 0.1) is 5.41 Å². The average Bonchev–Trinajstić information content (AvgIpc) is 3.64. The molecule has 19 heteroatoms. The minimum atomic E-state index is -2.56. The number of benzene rings is 3. The molecular formula is C39H39N5O14. The van der Waals surface area contributed by atoms with Crippen LogP contribution in [0.4, 0.5) is 5.69 Å². The monoisotopic (exact) mass is 801 g/mol. The lowest BCUT2D eigenvalue weighted by Crippen LogP contribution is -3.09. The van der Waals surface area contributed by atoms with Gasteiger partial charge in [0, 0.05) is 59.6 Å². The standard InChI is InChI=1S/C39H39N5O14/c40-38-42-35-28(36(54)43-38)41-17-44(35)25-4-2-1-3-19(25)12-20-13-24-27(30(51)23-11-18(14-47)5-6-22(23)29(24)50)33(56-16-21(49)7-9-45)32(20)58-37-39(55,8-10-46)34(53)31(52)26(15-48)57-37/h1-6,9,11,13,21,26,31,34,37,46-49,52-53,55H,7-8,10,12,14-17H2,(H2,40,43,54)/t21-,26+,31+,34-,37+,39+/m1/s1. The second-order valence-electron chi connectivity index (χ2n) is 14.1. The topological polar surface area (TPSA) is 309 Å². The lowest BCUT2D eigenvalue weighted by molar-refractivity contribution is -0.723. The SMILES string of the molecule is N=C1N=C([O-])C2=NC[NH+](c3ccccc3Cc3cc4c(c(OC[C@H](O)CC=O)c3O[C@@H]3O[C@@H](CO)[C@H](O)[C@@H](O)[C@@]3(O)CCO)C(=O)c3cc(CO)ccc3C4=O)C2=N1. The molecule has 0 bridgehead atoms. The summed E-state index contributed by atoms with van der Waals surface area (Å²) in [5.74, 6) is -3.27. The van der Waals surface area contributed by atoms with E-state index in [2.05, 4.69) is 15.0 Å². The van der Waals surface area contributed by atoms with Gasteiger partial charge in [-0.3, -0.25) is 15.0 Å². The number of ether oxygens (including phenoxy) is 3. The van der Waals surface area contributed by atoms with Crippen LogP contribution in [0.25, 0.3) is 0 Å². The van der Waals surface area contributed by atoms with Crippen LogP contribution in [0.2, 0.25) is 0 Å². The number of para-hydroxylation sites is 1. The quantitative estimate of drug-likeness (QED) is 0.0569. The van der Waals surface area contributed by atoms with Gasteiger partial charge in [-0.1, -0.05) is 24.3 Å². The zero-order chi connectivity index (χ0) is 41.5. The fraction of sp³-hybridized carbons (Fsp3) is 0.359. The third-order valence-corrected chi connectivity index (χ3v) is 10.4. The van der Waals surface area contributed by atoms with Crippen molar-refractivity contribution in [2.75, 3.05) is 26.5 Å². The van der Waals surface area contributed by atoms with Crippen molar-refractivity contribution in [3.05, 3.63) is 87.5 Å². The number of carbonyl (C=O) groups excluding carboxylic acids is 3. The molecule has 1 aliphatic carbocycles. The van der Waals surface area contributed by atoms with E-state index in [0.717, 1.165) is 0 Å². The summed E-state index contributed by atoms with van der Waals surface area (Å²) in [6.45, 7) is -2.67. The summed E-state index contributed by atoms with van der Waals surface area (Å²) in [6, 6.07) is 12.4. The highest BCUT2D eigenvalue weighted by atomic mass is 16.7. The van der Waals surface area contributed by atoms with Crippen molar-refractivity contribution in [1.82, 2.24) is 0 Å². The summed E-state index contributed by atoms with van der Waals surface area (Å²) in [6.07, 6.45) is -9.56. The first-order valence-electron chi connectivity index (χ1n) is 18.2. The molecule has 7 rings (SSSR count). The molecule has 3 aliphatic heterocycles. The average molecular weight is 802 g/mol. The van der Waals surface area contributed by atoms with Gasteiger partial charge in [0.05, 0.1) is 24.9 Å². The van der Waals surface area contributed by atoms with Crippen molar-refractivity contribution in [1.29, 1.82) is 5.41 Å². The van der Waals surface area contributed by atoms with Gasteiger partial charge < -0.3 is 59.9 Å². The van der Waals surface area contributed by atoms with E-state index in [1.165, 1.54) is 24.3 Å². The van der Waals surface area contributed by atoms with Crippen molar-refractivity contribution in [2.24, 2.45) is 15.0 Å². The molecule has 7 atom stereocenters. The first-order chi connectivity index (χ1) is 27.8. The molecular weight excluding hydrogens is 762 g/mol. The van der Waals surface area contributed by atoms with Crippen molar-refractivity contribution >= 4 is 46.9 Å². The number of hydrogen-bond acceptors (Lipinski definition) is 16. The molecule has 4 aliphatic rings. The maximum absolute atomic E-state index is 14.5. The van der Waals surface area contributed by atoms with Crippen LogP contribution in [-0.4, -0.2) is 140 Å². The molecule has 58 heavy (non-hydrogen) atoms. The molecule has 0 amide bonds. The van der Waals surface area contributed by atoms with E-state index in [9.17, 15) is 55.2 Å². The van der Waals surface area contributed by atoms with Gasteiger partial charge in [-0.05, 0) is 29.8 Å². The molecule has 0 saturated carbocycles. The summed E-state index contributed by atoms with van der Waals surface area (Å²) >= 11 is 0. The van der Waals surface area contributed by atoms with Gasteiger partial charge in [0.1, 0.15) is 36.9 Å². The van der Waals surface area contributed by atoms with Crippen LogP contribution >= 0.6 is 0 Å². The van der Waals surface area contributed by atoms with E-state index < -0.39 is 98.3 Å². The number of quaternary nitrogens is 1. The maximum Gasteiger partial charge on any atom is 0.262 e. The third-order valence-electron chi connectivity index (χ3n) is 10.4. The number of hydrogen-bond donors (Lipinski definition) is 9. The summed E-state index contributed by atoms with van der Waals surface area (Å²) in [4.78, 5) is 52.6. The summed E-state index contributed by atoms with van der Waals surface area (Å²) in [5, 5.41) is 94.7. The number of carbonyl (C=O) groups is 3. The number of aldehydes is 1. The van der Waals surface area contributed by atoms with Gasteiger partial charge in [-0.2, -0.15) is 4.99 Å². The molecule has 0 spiro atoms. The number of nitrogens with zero attached hydrogens (tertiary/aromatic N) is 3. The number of aliphatic hydroxyl groups is 7. The number of rotatable bonds is 14. The van der Waals surface area contributed by atoms with E-state index in [1.54, 1.807) is 24.3 Å². The number of aliphatic hydroxyl groups excluding tert-OH is 6. The number of ketones is 2. The van der Waals surface area contributed by atoms with Gasteiger partial charge >= 0.3 is 0 Å². The summed E-state index contributed by atoms with van der Waals surface area (Å²) in [5.41, 5.74) is -1.73. The fourth-order valence-corrected chi connectivity index (χ4v) is 7.45. The highest BCUT2D eigenvalue weighted by Crippen LogP contribution is 2.46. The minimum absolute atomic E-state index is 0.00269. The van der Waals surface area contributed by atoms with Crippen LogP contribution in [0.1, 0.15) is 61.4 Å². The van der Waals surface area contributed by atoms with E-state index in [-0.39, 0.29) is 64.6 Å². The van der Waals surface area contributed by atoms with Gasteiger partial charge in [-0.15, -0.1) is 0 Å². The Labute approximate surface area is 328 Å². The van der Waals surface area contributed by atoms with Gasteiger partial charge in [-0.25, -0.2) is 14.9 Å². The lowest BCUT2D eigenvalue weighted by atomic mass is 9.81. The Bertz CT molecular complexity index is 2280. The molecule has 304 valence electrons. The largest absolute Gasteiger partial charge is 0.857 e. The number of amidine groups is 1. The Morgan fingerprint density at radius 2 is 1.79 bits per heavy atom. The summed E-state index contributed by atoms with van der Waals surface area (Å²) < 4.78 is 18.3. The Morgan fingerprint density at radius 1 is 1.02 bits per heavy atom. The van der Waals surface area contributed by atoms with Crippen molar-refractivity contribution in [3.63, 3.8) is 0 Å². The predicted molar refractivity (Wildman–Crippen MR) is 198 cm³/mol. The molecule has 3 aromatic rings. The Balaban J connectivity index is 1.44. The van der Waals surface area contributed by atoms with E-state index >= 15 is 0 Å². The highest BCUT2D eigenvalue weighted by Gasteiger charge is 2.56. The normalized spacial score (nSPS) is 25.5. The minimum Gasteiger partial charge on any atom is -0.857 e. The number of guanidine groups is 1. The second kappa shape index (κ2) is 16.3. The molecule has 1 saturated heterocycles. The smallest absolute Gasteiger partial charge is 0.262 e. The Morgan fingerprint density at radius 3 is 2.52 bits per heavy atom. The molecule has 0 radical (unpaired) electrons.